The first-order chi connectivity index (χ1) is 19.7. The molecule has 2 aromatic rings. The molecule has 0 saturated heterocycles. The minimum Gasteiger partial charge on any atom is -0.458 e. The van der Waals surface area contributed by atoms with E-state index in [9.17, 15) is 23.2 Å². The van der Waals surface area contributed by atoms with Crippen LogP contribution in [0.15, 0.2) is 61.7 Å². The summed E-state index contributed by atoms with van der Waals surface area (Å²) in [5.41, 5.74) is 0.381. The molecule has 0 aromatic heterocycles. The average molecular weight is 597 g/mol. The Morgan fingerprint density at radius 2 is 1.76 bits per heavy atom. The van der Waals surface area contributed by atoms with E-state index >= 15 is 0 Å². The fourth-order valence-electron chi connectivity index (χ4n) is 3.64. The Balaban J connectivity index is 2.41. The van der Waals surface area contributed by atoms with Crippen LogP contribution >= 0.6 is 11.8 Å². The maximum Gasteiger partial charge on any atom is 0.330 e. The number of carbonyl (C=O) groups excluding carboxylic acids is 3. The summed E-state index contributed by atoms with van der Waals surface area (Å²) in [7, 11) is 0. The lowest BCUT2D eigenvalue weighted by Gasteiger charge is -2.27. The number of imide groups is 1. The molecule has 2 aromatic carbocycles. The first-order valence-electron chi connectivity index (χ1n) is 13.5. The van der Waals surface area contributed by atoms with Gasteiger partial charge in [0, 0.05) is 29.5 Å². The van der Waals surface area contributed by atoms with Crippen LogP contribution in [0.4, 0.5) is 13.6 Å². The molecule has 6 nitrogen and oxygen atoms in total. The van der Waals surface area contributed by atoms with Crippen molar-refractivity contribution >= 4 is 29.7 Å². The second-order valence-electron chi connectivity index (χ2n) is 10.9. The minimum absolute atomic E-state index is 0.00405. The molecule has 0 heterocycles. The summed E-state index contributed by atoms with van der Waals surface area (Å²) >= 11 is 1.50. The smallest absolute Gasteiger partial charge is 0.330 e. The molecule has 224 valence electrons. The Morgan fingerprint density at radius 1 is 1.05 bits per heavy atom. The van der Waals surface area contributed by atoms with Crippen LogP contribution in [0.1, 0.15) is 61.7 Å². The quantitative estimate of drug-likeness (QED) is 0.181. The zero-order valence-electron chi connectivity index (χ0n) is 24.8. The van der Waals surface area contributed by atoms with Gasteiger partial charge < -0.3 is 10.1 Å². The first kappa shape index (κ1) is 34.3. The van der Waals surface area contributed by atoms with Crippen molar-refractivity contribution in [3.8, 4) is 11.8 Å². The average Bonchev–Trinajstić information content (AvgIpc) is 2.89. The van der Waals surface area contributed by atoms with Crippen molar-refractivity contribution in [1.82, 2.24) is 10.2 Å². The highest BCUT2D eigenvalue weighted by Gasteiger charge is 2.31. The second kappa shape index (κ2) is 15.9. The lowest BCUT2D eigenvalue weighted by molar-refractivity contribution is -0.156. The van der Waals surface area contributed by atoms with Crippen molar-refractivity contribution in [2.45, 2.75) is 52.7 Å². The molecule has 0 bridgehead atoms. The highest BCUT2D eigenvalue weighted by atomic mass is 32.2. The fraction of sp³-hybridized carbons (Fsp3) is 0.364. The van der Waals surface area contributed by atoms with Gasteiger partial charge in [0.15, 0.2) is 0 Å². The third-order valence-electron chi connectivity index (χ3n) is 5.50. The van der Waals surface area contributed by atoms with E-state index in [1.807, 2.05) is 13.8 Å². The van der Waals surface area contributed by atoms with Gasteiger partial charge in [0.25, 0.3) is 5.91 Å². The number of amides is 3. The molecule has 0 spiro atoms. The second-order valence-corrected chi connectivity index (χ2v) is 12.0. The summed E-state index contributed by atoms with van der Waals surface area (Å²) in [5.74, 6) is 4.09. The Morgan fingerprint density at radius 3 is 2.36 bits per heavy atom. The summed E-state index contributed by atoms with van der Waals surface area (Å²) < 4.78 is 32.9. The highest BCUT2D eigenvalue weighted by Crippen LogP contribution is 2.18. The molecule has 1 N–H and O–H groups in total. The van der Waals surface area contributed by atoms with E-state index in [0.29, 0.717) is 23.5 Å². The maximum absolute atomic E-state index is 14.1. The van der Waals surface area contributed by atoms with E-state index in [1.165, 1.54) is 30.0 Å². The van der Waals surface area contributed by atoms with Crippen LogP contribution in [0.2, 0.25) is 0 Å². The van der Waals surface area contributed by atoms with Crippen LogP contribution in [0, 0.1) is 29.4 Å². The van der Waals surface area contributed by atoms with Crippen LogP contribution < -0.4 is 5.32 Å². The van der Waals surface area contributed by atoms with Crippen molar-refractivity contribution in [1.29, 1.82) is 0 Å². The van der Waals surface area contributed by atoms with E-state index in [2.05, 4.69) is 30.3 Å². The van der Waals surface area contributed by atoms with Crippen molar-refractivity contribution in [2.24, 2.45) is 5.92 Å². The highest BCUT2D eigenvalue weighted by molar-refractivity contribution is 7.99. The zero-order valence-corrected chi connectivity index (χ0v) is 25.6. The van der Waals surface area contributed by atoms with E-state index in [4.69, 9.17) is 4.74 Å². The molecule has 0 aliphatic carbocycles. The molecule has 0 saturated carbocycles. The van der Waals surface area contributed by atoms with Gasteiger partial charge in [-0.2, -0.15) is 11.8 Å². The van der Waals surface area contributed by atoms with Gasteiger partial charge in [0.2, 0.25) is 0 Å². The SMILES string of the molecule is C=CCc1ccc(C#Cc2ccc(F)cc2F)cc1C(=O)N(CC=C)C(=O)N[C@@H](CSCC(C)C)C(=O)OC(C)(C)C. The van der Waals surface area contributed by atoms with Crippen LogP contribution in [0.5, 0.6) is 0 Å². The van der Waals surface area contributed by atoms with Crippen LogP contribution in [-0.4, -0.2) is 52.5 Å². The van der Waals surface area contributed by atoms with Gasteiger partial charge in [-0.05, 0) is 68.7 Å². The van der Waals surface area contributed by atoms with Crippen LogP contribution in [0.3, 0.4) is 0 Å². The molecule has 42 heavy (non-hydrogen) atoms. The van der Waals surface area contributed by atoms with Crippen molar-refractivity contribution < 1.29 is 27.9 Å². The van der Waals surface area contributed by atoms with Gasteiger partial charge in [-0.1, -0.05) is 43.9 Å². The van der Waals surface area contributed by atoms with Crippen molar-refractivity contribution in [2.75, 3.05) is 18.1 Å². The molecule has 9 heteroatoms. The van der Waals surface area contributed by atoms with E-state index in [1.54, 1.807) is 39.0 Å². The summed E-state index contributed by atoms with van der Waals surface area (Å²) in [6, 6.07) is 6.14. The number of urea groups is 1. The normalized spacial score (nSPS) is 11.6. The molecule has 0 fully saturated rings. The van der Waals surface area contributed by atoms with Gasteiger partial charge in [0.1, 0.15) is 23.3 Å². The van der Waals surface area contributed by atoms with Crippen molar-refractivity contribution in [3.63, 3.8) is 0 Å². The van der Waals surface area contributed by atoms with Gasteiger partial charge in [-0.3, -0.25) is 9.69 Å². The third-order valence-corrected chi connectivity index (χ3v) is 6.98. The number of ether oxygens (including phenoxy) is 1. The molecule has 3 amide bonds. The zero-order chi connectivity index (χ0) is 31.4. The van der Waals surface area contributed by atoms with Gasteiger partial charge in [-0.25, -0.2) is 18.4 Å². The number of thioether (sulfide) groups is 1. The number of esters is 1. The molecular weight excluding hydrogens is 558 g/mol. The number of rotatable bonds is 11. The predicted molar refractivity (Wildman–Crippen MR) is 164 cm³/mol. The molecule has 0 aliphatic heterocycles. The number of nitrogens with one attached hydrogen (secondary N) is 1. The molecule has 0 aliphatic rings. The van der Waals surface area contributed by atoms with Crippen LogP contribution in [0.25, 0.3) is 0 Å². The maximum atomic E-state index is 14.1. The Hall–Kier alpha value is -3.90. The summed E-state index contributed by atoms with van der Waals surface area (Å²) in [6.45, 7) is 16.6. The molecule has 0 unspecified atom stereocenters. The monoisotopic (exact) mass is 596 g/mol. The number of allylic oxidation sites excluding steroid dienone is 1. The molecule has 2 rings (SSSR count). The van der Waals surface area contributed by atoms with E-state index in [0.717, 1.165) is 22.8 Å². The van der Waals surface area contributed by atoms with Crippen molar-refractivity contribution in [3.05, 3.63) is 95.6 Å². The Bertz CT molecular complexity index is 1370. The number of hydrogen-bond acceptors (Lipinski definition) is 5. The van der Waals surface area contributed by atoms with Gasteiger partial charge in [-0.15, -0.1) is 13.2 Å². The Kier molecular flexibility index (Phi) is 13.0. The van der Waals surface area contributed by atoms with Gasteiger partial charge in [0.05, 0.1) is 5.56 Å². The number of halogens is 2. The largest absolute Gasteiger partial charge is 0.458 e. The third kappa shape index (κ3) is 10.8. The van der Waals surface area contributed by atoms with Gasteiger partial charge >= 0.3 is 12.0 Å². The topological polar surface area (TPSA) is 75.7 Å². The standard InChI is InChI=1S/C33H38F2N2O4S/c1-8-10-24-13-11-23(12-14-25-15-16-26(34)19-28(25)35)18-27(24)30(38)37(17-9-2)32(40)36-29(21-42-20-22(3)4)31(39)41-33(5,6)7/h8-9,11,13,15-16,18-19,22,29H,1-2,10,17,20-21H2,3-7H3,(H,36,40)/t29-/m0/s1. The number of benzene rings is 2. The lowest BCUT2D eigenvalue weighted by atomic mass is 10.00. The number of hydrogen-bond donors (Lipinski definition) is 1. The molecule has 1 atom stereocenters. The molecular formula is C33H38F2N2O4S. The first-order valence-corrected chi connectivity index (χ1v) is 14.7. The summed E-state index contributed by atoms with van der Waals surface area (Å²) in [6.07, 6.45) is 3.35. The Labute approximate surface area is 251 Å². The van der Waals surface area contributed by atoms with E-state index < -0.39 is 41.2 Å². The number of carbonyl (C=O) groups is 3. The number of nitrogens with zero attached hydrogens (tertiary/aromatic N) is 1. The minimum atomic E-state index is -0.990. The lowest BCUT2D eigenvalue weighted by Crippen LogP contribution is -2.52. The fourth-order valence-corrected chi connectivity index (χ4v) is 4.70. The predicted octanol–water partition coefficient (Wildman–Crippen LogP) is 6.53. The summed E-state index contributed by atoms with van der Waals surface area (Å²) in [4.78, 5) is 41.2. The van der Waals surface area contributed by atoms with Crippen LogP contribution in [-0.2, 0) is 16.0 Å². The van der Waals surface area contributed by atoms with E-state index in [-0.39, 0.29) is 23.4 Å². The summed E-state index contributed by atoms with van der Waals surface area (Å²) in [5, 5.41) is 2.67. The molecule has 0 radical (unpaired) electrons.